The maximum Gasteiger partial charge on any atom is 0.271 e. The van der Waals surface area contributed by atoms with Crippen LogP contribution in [0.3, 0.4) is 0 Å². The molecule has 0 aliphatic heterocycles. The van der Waals surface area contributed by atoms with Gasteiger partial charge in [0, 0.05) is 18.9 Å². The zero-order chi connectivity index (χ0) is 14.0. The zero-order valence-corrected chi connectivity index (χ0v) is 11.2. The number of amides is 1. The molecular formula is C15H17N3O2. The van der Waals surface area contributed by atoms with Crippen molar-refractivity contribution in [2.75, 3.05) is 13.2 Å². The third-order valence-corrected chi connectivity index (χ3v) is 2.66. The lowest BCUT2D eigenvalue weighted by Crippen LogP contribution is -2.25. The van der Waals surface area contributed by atoms with Gasteiger partial charge in [0.05, 0.1) is 12.8 Å². The fourth-order valence-corrected chi connectivity index (χ4v) is 1.64. The van der Waals surface area contributed by atoms with Crippen LogP contribution in [-0.4, -0.2) is 29.0 Å². The van der Waals surface area contributed by atoms with E-state index in [4.69, 9.17) is 4.74 Å². The van der Waals surface area contributed by atoms with Gasteiger partial charge in [-0.05, 0) is 25.0 Å². The number of hydrogen-bond acceptors (Lipinski definition) is 4. The first-order valence-corrected chi connectivity index (χ1v) is 6.58. The summed E-state index contributed by atoms with van der Waals surface area (Å²) < 4.78 is 5.56. The van der Waals surface area contributed by atoms with Crippen LogP contribution in [0, 0.1) is 0 Å². The molecule has 0 spiro atoms. The number of aromatic nitrogens is 2. The Bertz CT molecular complexity index is 517. The number of rotatable bonds is 7. The van der Waals surface area contributed by atoms with Crippen LogP contribution in [0.1, 0.15) is 23.3 Å². The maximum atomic E-state index is 11.7. The van der Waals surface area contributed by atoms with Gasteiger partial charge < -0.3 is 10.1 Å². The molecule has 0 radical (unpaired) electrons. The van der Waals surface area contributed by atoms with Gasteiger partial charge in [-0.1, -0.05) is 18.2 Å². The van der Waals surface area contributed by atoms with Crippen molar-refractivity contribution in [3.05, 3.63) is 54.6 Å². The number of para-hydroxylation sites is 1. The standard InChI is InChI=1S/C15H17N3O2/c19-15(14-12-16-9-10-17-14)18-8-4-5-11-20-13-6-2-1-3-7-13/h1-3,6-7,9-10,12H,4-5,8,11H2,(H,18,19). The molecule has 2 rings (SSSR count). The Morgan fingerprint density at radius 3 is 2.75 bits per heavy atom. The molecule has 104 valence electrons. The highest BCUT2D eigenvalue weighted by Gasteiger charge is 2.04. The van der Waals surface area contributed by atoms with Crippen LogP contribution in [0.15, 0.2) is 48.9 Å². The average Bonchev–Trinajstić information content (AvgIpc) is 2.52. The van der Waals surface area contributed by atoms with Gasteiger partial charge in [-0.2, -0.15) is 0 Å². The van der Waals surface area contributed by atoms with Gasteiger partial charge in [-0.3, -0.25) is 9.78 Å². The Kier molecular flexibility index (Phi) is 5.52. The normalized spacial score (nSPS) is 10.0. The van der Waals surface area contributed by atoms with E-state index in [1.54, 1.807) is 0 Å². The first-order valence-electron chi connectivity index (χ1n) is 6.58. The topological polar surface area (TPSA) is 64.1 Å². The second kappa shape index (κ2) is 7.89. The summed E-state index contributed by atoms with van der Waals surface area (Å²) in [7, 11) is 0. The van der Waals surface area contributed by atoms with Crippen molar-refractivity contribution in [2.24, 2.45) is 0 Å². The minimum Gasteiger partial charge on any atom is -0.494 e. The largest absolute Gasteiger partial charge is 0.494 e. The predicted octanol–water partition coefficient (Wildman–Crippen LogP) is 2.07. The first kappa shape index (κ1) is 14.0. The van der Waals surface area contributed by atoms with Gasteiger partial charge in [0.15, 0.2) is 0 Å². The van der Waals surface area contributed by atoms with Crippen LogP contribution in [0.2, 0.25) is 0 Å². The molecule has 1 amide bonds. The number of unbranched alkanes of at least 4 members (excludes halogenated alkanes) is 1. The molecule has 0 aliphatic rings. The molecule has 0 fully saturated rings. The average molecular weight is 271 g/mol. The van der Waals surface area contributed by atoms with Gasteiger partial charge in [0.1, 0.15) is 11.4 Å². The molecule has 0 aliphatic carbocycles. The molecule has 5 heteroatoms. The van der Waals surface area contributed by atoms with Crippen molar-refractivity contribution in [3.63, 3.8) is 0 Å². The Labute approximate surface area is 118 Å². The molecule has 2 aromatic rings. The van der Waals surface area contributed by atoms with Crippen LogP contribution in [0.5, 0.6) is 5.75 Å². The van der Waals surface area contributed by atoms with E-state index in [0.29, 0.717) is 18.8 Å². The molecule has 5 nitrogen and oxygen atoms in total. The fraction of sp³-hybridized carbons (Fsp3) is 0.267. The predicted molar refractivity (Wildman–Crippen MR) is 75.5 cm³/mol. The molecule has 0 bridgehead atoms. The third-order valence-electron chi connectivity index (χ3n) is 2.66. The number of hydrogen-bond donors (Lipinski definition) is 1. The van der Waals surface area contributed by atoms with Gasteiger partial charge in [0.25, 0.3) is 5.91 Å². The smallest absolute Gasteiger partial charge is 0.271 e. The van der Waals surface area contributed by atoms with Crippen molar-refractivity contribution >= 4 is 5.91 Å². The van der Waals surface area contributed by atoms with Crippen LogP contribution in [0.25, 0.3) is 0 Å². The Morgan fingerprint density at radius 2 is 2.00 bits per heavy atom. The molecule has 1 N–H and O–H groups in total. The number of ether oxygens (including phenoxy) is 1. The maximum absolute atomic E-state index is 11.7. The zero-order valence-electron chi connectivity index (χ0n) is 11.2. The van der Waals surface area contributed by atoms with Gasteiger partial charge in [-0.15, -0.1) is 0 Å². The van der Waals surface area contributed by atoms with Crippen LogP contribution in [-0.2, 0) is 0 Å². The quantitative estimate of drug-likeness (QED) is 0.783. The minimum atomic E-state index is -0.193. The van der Waals surface area contributed by atoms with Crippen molar-refractivity contribution < 1.29 is 9.53 Å². The number of nitrogens with zero attached hydrogens (tertiary/aromatic N) is 2. The lowest BCUT2D eigenvalue weighted by molar-refractivity contribution is 0.0947. The van der Waals surface area contributed by atoms with E-state index in [2.05, 4.69) is 15.3 Å². The molecular weight excluding hydrogens is 254 g/mol. The number of benzene rings is 1. The van der Waals surface area contributed by atoms with Gasteiger partial charge in [-0.25, -0.2) is 4.98 Å². The van der Waals surface area contributed by atoms with E-state index in [0.717, 1.165) is 18.6 Å². The highest BCUT2D eigenvalue weighted by atomic mass is 16.5. The summed E-state index contributed by atoms with van der Waals surface area (Å²) in [5.74, 6) is 0.679. The molecule has 0 unspecified atom stereocenters. The fourth-order valence-electron chi connectivity index (χ4n) is 1.64. The van der Waals surface area contributed by atoms with Crippen molar-refractivity contribution in [2.45, 2.75) is 12.8 Å². The summed E-state index contributed by atoms with van der Waals surface area (Å²) in [5.41, 5.74) is 0.341. The Hall–Kier alpha value is -2.43. The Morgan fingerprint density at radius 1 is 1.15 bits per heavy atom. The van der Waals surface area contributed by atoms with E-state index < -0.39 is 0 Å². The molecule has 0 atom stereocenters. The minimum absolute atomic E-state index is 0.193. The summed E-state index contributed by atoms with van der Waals surface area (Å²) >= 11 is 0. The molecule has 1 heterocycles. The lowest BCUT2D eigenvalue weighted by atomic mass is 10.3. The van der Waals surface area contributed by atoms with Crippen molar-refractivity contribution in [1.29, 1.82) is 0 Å². The van der Waals surface area contributed by atoms with Gasteiger partial charge in [0.2, 0.25) is 0 Å². The van der Waals surface area contributed by atoms with Gasteiger partial charge >= 0.3 is 0 Å². The first-order chi connectivity index (χ1) is 9.86. The van der Waals surface area contributed by atoms with E-state index in [9.17, 15) is 4.79 Å². The van der Waals surface area contributed by atoms with E-state index in [1.165, 1.54) is 18.6 Å². The SMILES string of the molecule is O=C(NCCCCOc1ccccc1)c1cnccn1. The lowest BCUT2D eigenvalue weighted by Gasteiger charge is -2.06. The monoisotopic (exact) mass is 271 g/mol. The highest BCUT2D eigenvalue weighted by molar-refractivity contribution is 5.91. The molecule has 0 saturated carbocycles. The second-order valence-corrected chi connectivity index (χ2v) is 4.22. The number of carbonyl (C=O) groups excluding carboxylic acids is 1. The molecule has 1 aromatic carbocycles. The summed E-state index contributed by atoms with van der Waals surface area (Å²) in [5, 5.41) is 2.80. The summed E-state index contributed by atoms with van der Waals surface area (Å²) in [4.78, 5) is 19.4. The van der Waals surface area contributed by atoms with E-state index in [1.807, 2.05) is 30.3 Å². The van der Waals surface area contributed by atoms with Crippen molar-refractivity contribution in [1.82, 2.24) is 15.3 Å². The number of nitrogens with one attached hydrogen (secondary N) is 1. The summed E-state index contributed by atoms with van der Waals surface area (Å²) in [6.45, 7) is 1.25. The Balaban J connectivity index is 1.57. The molecule has 1 aromatic heterocycles. The van der Waals surface area contributed by atoms with E-state index in [-0.39, 0.29) is 5.91 Å². The summed E-state index contributed by atoms with van der Waals surface area (Å²) in [6.07, 6.45) is 6.24. The van der Waals surface area contributed by atoms with Crippen LogP contribution < -0.4 is 10.1 Å². The summed E-state index contributed by atoms with van der Waals surface area (Å²) in [6, 6.07) is 9.69. The third kappa shape index (κ3) is 4.68. The highest BCUT2D eigenvalue weighted by Crippen LogP contribution is 2.08. The van der Waals surface area contributed by atoms with Crippen molar-refractivity contribution in [3.8, 4) is 5.75 Å². The molecule has 0 saturated heterocycles. The van der Waals surface area contributed by atoms with Crippen LogP contribution >= 0.6 is 0 Å². The van der Waals surface area contributed by atoms with Crippen LogP contribution in [0.4, 0.5) is 0 Å². The van der Waals surface area contributed by atoms with E-state index >= 15 is 0 Å². The number of carbonyl (C=O) groups is 1. The second-order valence-electron chi connectivity index (χ2n) is 4.22. The molecule has 20 heavy (non-hydrogen) atoms.